The molecule has 0 aromatic heterocycles. The highest BCUT2D eigenvalue weighted by Gasteiger charge is 2.21. The van der Waals surface area contributed by atoms with Crippen molar-refractivity contribution in [2.45, 2.75) is 32.3 Å². The van der Waals surface area contributed by atoms with Crippen LogP contribution in [0.2, 0.25) is 5.02 Å². The second kappa shape index (κ2) is 7.79. The quantitative estimate of drug-likeness (QED) is 0.570. The number of carbonyl (C=O) groups is 2. The van der Waals surface area contributed by atoms with Crippen LogP contribution in [0.5, 0.6) is 5.75 Å². The van der Waals surface area contributed by atoms with Gasteiger partial charge in [0.1, 0.15) is 12.0 Å². The molecule has 0 aliphatic heterocycles. The van der Waals surface area contributed by atoms with Crippen LogP contribution in [-0.4, -0.2) is 25.5 Å². The molecule has 0 amide bonds. The Morgan fingerprint density at radius 3 is 2.74 bits per heavy atom. The number of ether oxygens (including phenoxy) is 2. The molecule has 0 aliphatic rings. The summed E-state index contributed by atoms with van der Waals surface area (Å²) in [6.07, 6.45) is 2.39. The molecule has 0 heterocycles. The number of unbranched alkanes of at least 4 members (excludes halogenated alkanes) is 1. The third-order valence-electron chi connectivity index (χ3n) is 2.65. The molecule has 0 bridgehead atoms. The number of hydrogen-bond acceptors (Lipinski definition) is 4. The molecule has 1 rings (SSSR count). The second-order valence-corrected chi connectivity index (χ2v) is 4.49. The van der Waals surface area contributed by atoms with E-state index in [9.17, 15) is 9.59 Å². The number of halogens is 1. The van der Waals surface area contributed by atoms with E-state index in [0.717, 1.165) is 12.8 Å². The zero-order valence-corrected chi connectivity index (χ0v) is 11.8. The van der Waals surface area contributed by atoms with Gasteiger partial charge in [-0.3, -0.25) is 4.79 Å². The molecule has 0 N–H and O–H groups in total. The van der Waals surface area contributed by atoms with Gasteiger partial charge in [0.05, 0.1) is 12.1 Å². The van der Waals surface area contributed by atoms with Crippen molar-refractivity contribution >= 4 is 23.9 Å². The summed E-state index contributed by atoms with van der Waals surface area (Å²) in [4.78, 5) is 22.2. The molecule has 19 heavy (non-hydrogen) atoms. The van der Waals surface area contributed by atoms with Crippen molar-refractivity contribution in [1.82, 2.24) is 0 Å². The summed E-state index contributed by atoms with van der Waals surface area (Å²) in [6.45, 7) is 2.03. The summed E-state index contributed by atoms with van der Waals surface area (Å²) >= 11 is 6.00. The molecule has 4 nitrogen and oxygen atoms in total. The van der Waals surface area contributed by atoms with Gasteiger partial charge in [0, 0.05) is 5.56 Å². The smallest absolute Gasteiger partial charge is 0.347 e. The number of carbonyl (C=O) groups excluding carboxylic acids is 2. The van der Waals surface area contributed by atoms with Crippen LogP contribution in [0.25, 0.3) is 0 Å². The molecule has 0 spiro atoms. The van der Waals surface area contributed by atoms with Gasteiger partial charge in [-0.1, -0.05) is 24.9 Å². The molecule has 1 aromatic carbocycles. The molecule has 0 saturated heterocycles. The Labute approximate surface area is 117 Å². The maximum atomic E-state index is 11.6. The third-order valence-corrected chi connectivity index (χ3v) is 2.94. The SMILES string of the molecule is CCCCC(Oc1ccc(C=O)cc1Cl)C(=O)OC. The first-order valence-corrected chi connectivity index (χ1v) is 6.49. The normalized spacial score (nSPS) is 11.7. The molecular weight excluding hydrogens is 268 g/mol. The van der Waals surface area contributed by atoms with Gasteiger partial charge in [-0.05, 0) is 31.0 Å². The van der Waals surface area contributed by atoms with Crippen LogP contribution >= 0.6 is 11.6 Å². The van der Waals surface area contributed by atoms with Gasteiger partial charge in [0.2, 0.25) is 0 Å². The average molecular weight is 285 g/mol. The minimum atomic E-state index is -0.676. The number of esters is 1. The average Bonchev–Trinajstić information content (AvgIpc) is 2.43. The van der Waals surface area contributed by atoms with Gasteiger partial charge < -0.3 is 9.47 Å². The van der Waals surface area contributed by atoms with E-state index in [4.69, 9.17) is 21.1 Å². The highest BCUT2D eigenvalue weighted by Crippen LogP contribution is 2.27. The summed E-state index contributed by atoms with van der Waals surface area (Å²) in [5.41, 5.74) is 0.459. The second-order valence-electron chi connectivity index (χ2n) is 4.08. The lowest BCUT2D eigenvalue weighted by atomic mass is 10.1. The van der Waals surface area contributed by atoms with Crippen molar-refractivity contribution in [2.75, 3.05) is 7.11 Å². The molecule has 5 heteroatoms. The Morgan fingerprint density at radius 2 is 2.21 bits per heavy atom. The zero-order valence-electron chi connectivity index (χ0n) is 11.0. The first kappa shape index (κ1) is 15.5. The van der Waals surface area contributed by atoms with E-state index in [2.05, 4.69) is 0 Å². The fraction of sp³-hybridized carbons (Fsp3) is 0.429. The van der Waals surface area contributed by atoms with Crippen LogP contribution in [0.15, 0.2) is 18.2 Å². The lowest BCUT2D eigenvalue weighted by Gasteiger charge is -2.17. The lowest BCUT2D eigenvalue weighted by Crippen LogP contribution is -2.28. The van der Waals surface area contributed by atoms with Gasteiger partial charge in [-0.25, -0.2) is 4.79 Å². The molecule has 0 aliphatic carbocycles. The number of hydrogen-bond donors (Lipinski definition) is 0. The molecule has 1 unspecified atom stereocenters. The molecule has 0 radical (unpaired) electrons. The van der Waals surface area contributed by atoms with E-state index in [1.165, 1.54) is 13.2 Å². The first-order chi connectivity index (χ1) is 9.12. The van der Waals surface area contributed by atoms with E-state index in [0.29, 0.717) is 29.0 Å². The molecule has 0 fully saturated rings. The van der Waals surface area contributed by atoms with E-state index < -0.39 is 12.1 Å². The Kier molecular flexibility index (Phi) is 6.36. The third kappa shape index (κ3) is 4.56. The van der Waals surface area contributed by atoms with Crippen LogP contribution in [0.1, 0.15) is 36.5 Å². The van der Waals surface area contributed by atoms with Gasteiger partial charge in [-0.15, -0.1) is 0 Å². The van der Waals surface area contributed by atoms with E-state index >= 15 is 0 Å². The zero-order chi connectivity index (χ0) is 14.3. The standard InChI is InChI=1S/C14H17ClO4/c1-3-4-5-13(14(17)18-2)19-12-7-6-10(9-16)8-11(12)15/h6-9,13H,3-5H2,1-2H3. The molecule has 0 saturated carbocycles. The minimum Gasteiger partial charge on any atom is -0.477 e. The van der Waals surface area contributed by atoms with E-state index in [-0.39, 0.29) is 0 Å². The number of benzene rings is 1. The van der Waals surface area contributed by atoms with Crippen molar-refractivity contribution < 1.29 is 19.1 Å². The van der Waals surface area contributed by atoms with Crippen molar-refractivity contribution in [3.63, 3.8) is 0 Å². The fourth-order valence-electron chi connectivity index (χ4n) is 1.59. The first-order valence-electron chi connectivity index (χ1n) is 6.11. The molecular formula is C14H17ClO4. The Balaban J connectivity index is 2.83. The Bertz CT molecular complexity index is 445. The summed E-state index contributed by atoms with van der Waals surface area (Å²) < 4.78 is 10.3. The van der Waals surface area contributed by atoms with Gasteiger partial charge in [-0.2, -0.15) is 0 Å². The number of rotatable bonds is 7. The topological polar surface area (TPSA) is 52.6 Å². The predicted octanol–water partition coefficient (Wildman–Crippen LogP) is 3.26. The fourth-order valence-corrected chi connectivity index (χ4v) is 1.82. The summed E-state index contributed by atoms with van der Waals surface area (Å²) in [6, 6.07) is 4.66. The largest absolute Gasteiger partial charge is 0.477 e. The predicted molar refractivity (Wildman–Crippen MR) is 72.8 cm³/mol. The summed E-state index contributed by atoms with van der Waals surface area (Å²) in [5.74, 6) is -0.0530. The lowest BCUT2D eigenvalue weighted by molar-refractivity contribution is -0.149. The van der Waals surface area contributed by atoms with Gasteiger partial charge >= 0.3 is 5.97 Å². The molecule has 1 atom stereocenters. The van der Waals surface area contributed by atoms with Crippen molar-refractivity contribution in [2.24, 2.45) is 0 Å². The highest BCUT2D eigenvalue weighted by molar-refractivity contribution is 6.32. The summed E-state index contributed by atoms with van der Waals surface area (Å²) in [5, 5.41) is 0.301. The maximum Gasteiger partial charge on any atom is 0.347 e. The monoisotopic (exact) mass is 284 g/mol. The Morgan fingerprint density at radius 1 is 1.47 bits per heavy atom. The van der Waals surface area contributed by atoms with Gasteiger partial charge in [0.15, 0.2) is 6.10 Å². The van der Waals surface area contributed by atoms with E-state index in [1.807, 2.05) is 6.92 Å². The van der Waals surface area contributed by atoms with Crippen LogP contribution in [0, 0.1) is 0 Å². The molecule has 104 valence electrons. The van der Waals surface area contributed by atoms with Gasteiger partial charge in [0.25, 0.3) is 0 Å². The highest BCUT2D eigenvalue weighted by atomic mass is 35.5. The number of methoxy groups -OCH3 is 1. The van der Waals surface area contributed by atoms with Crippen LogP contribution in [0.4, 0.5) is 0 Å². The van der Waals surface area contributed by atoms with Crippen molar-refractivity contribution in [3.05, 3.63) is 28.8 Å². The van der Waals surface area contributed by atoms with Crippen molar-refractivity contribution in [3.8, 4) is 5.75 Å². The van der Waals surface area contributed by atoms with Crippen LogP contribution < -0.4 is 4.74 Å². The van der Waals surface area contributed by atoms with Crippen molar-refractivity contribution in [1.29, 1.82) is 0 Å². The van der Waals surface area contributed by atoms with Crippen LogP contribution in [0.3, 0.4) is 0 Å². The van der Waals surface area contributed by atoms with E-state index in [1.54, 1.807) is 12.1 Å². The number of aldehydes is 1. The molecule has 1 aromatic rings. The maximum absolute atomic E-state index is 11.6. The Hall–Kier alpha value is -1.55. The summed E-state index contributed by atoms with van der Waals surface area (Å²) in [7, 11) is 1.32. The van der Waals surface area contributed by atoms with Crippen LogP contribution in [-0.2, 0) is 9.53 Å². The minimum absolute atomic E-state index is 0.301.